The third kappa shape index (κ3) is 8.85. The Morgan fingerprint density at radius 2 is 1.52 bits per heavy atom. The number of hydrogen-bond acceptors (Lipinski definition) is 4. The van der Waals surface area contributed by atoms with Crippen molar-refractivity contribution in [2.24, 2.45) is 0 Å². The van der Waals surface area contributed by atoms with Crippen molar-refractivity contribution in [2.75, 3.05) is 20.5 Å². The number of methoxy groups -OCH3 is 1. The average Bonchev–Trinajstić information content (AvgIpc) is 3.36. The smallest absolute Gasteiger partial charge is 0.146 e. The first-order valence-electron chi connectivity index (χ1n) is 10.7. The second-order valence-electron chi connectivity index (χ2n) is 7.74. The topological polar surface area (TPSA) is 40.2 Å². The van der Waals surface area contributed by atoms with Gasteiger partial charge in [0.05, 0.1) is 24.9 Å². The molecule has 0 aromatic carbocycles. The quantitative estimate of drug-likeness (QED) is 0.216. The minimum Gasteiger partial charge on any atom is -0.370 e. The zero-order valence-corrected chi connectivity index (χ0v) is 16.5. The van der Waals surface area contributed by atoms with Crippen LogP contribution in [0.1, 0.15) is 90.4 Å². The molecule has 0 N–H and O–H groups in total. The number of epoxide rings is 1. The second-order valence-corrected chi connectivity index (χ2v) is 7.74. The normalized spacial score (nSPS) is 26.9. The van der Waals surface area contributed by atoms with Gasteiger partial charge in [0, 0.05) is 7.11 Å². The molecule has 0 saturated carbocycles. The van der Waals surface area contributed by atoms with E-state index < -0.39 is 0 Å². The van der Waals surface area contributed by atoms with Crippen LogP contribution in [0.2, 0.25) is 0 Å². The summed E-state index contributed by atoms with van der Waals surface area (Å²) < 4.78 is 22.6. The molecule has 2 aliphatic heterocycles. The Bertz CT molecular complexity index is 319. The van der Waals surface area contributed by atoms with E-state index in [1.807, 2.05) is 0 Å². The maximum atomic E-state index is 6.18. The zero-order chi connectivity index (χ0) is 17.7. The van der Waals surface area contributed by atoms with Gasteiger partial charge >= 0.3 is 0 Å². The average molecular weight is 357 g/mol. The summed E-state index contributed by atoms with van der Waals surface area (Å²) in [7, 11) is 1.69. The van der Waals surface area contributed by atoms with Gasteiger partial charge in [-0.1, -0.05) is 71.1 Å². The molecule has 2 rings (SSSR count). The summed E-state index contributed by atoms with van der Waals surface area (Å²) in [6.45, 7) is 3.52. The van der Waals surface area contributed by atoms with E-state index in [1.54, 1.807) is 7.11 Å². The number of rotatable bonds is 16. The predicted octanol–water partition coefficient (Wildman–Crippen LogP) is 5.23. The largest absolute Gasteiger partial charge is 0.370 e. The van der Waals surface area contributed by atoms with Crippen molar-refractivity contribution >= 4 is 0 Å². The molecule has 0 unspecified atom stereocenters. The van der Waals surface area contributed by atoms with Gasteiger partial charge in [-0.25, -0.2) is 0 Å². The van der Waals surface area contributed by atoms with E-state index >= 15 is 0 Å². The van der Waals surface area contributed by atoms with E-state index in [1.165, 1.54) is 64.2 Å². The number of hydrogen-bond donors (Lipinski definition) is 0. The molecule has 2 heterocycles. The summed E-state index contributed by atoms with van der Waals surface area (Å²) in [6.07, 6.45) is 18.0. The molecular formula is C21H40O4. The molecule has 0 aliphatic carbocycles. The molecule has 2 saturated heterocycles. The van der Waals surface area contributed by atoms with Crippen LogP contribution in [0.4, 0.5) is 0 Å². The van der Waals surface area contributed by atoms with E-state index in [4.69, 9.17) is 18.9 Å². The Balaban J connectivity index is 1.51. The fourth-order valence-electron chi connectivity index (χ4n) is 3.87. The maximum Gasteiger partial charge on any atom is 0.146 e. The highest BCUT2D eigenvalue weighted by atomic mass is 16.7. The molecule has 0 aromatic heterocycles. The Hall–Kier alpha value is -0.160. The molecular weight excluding hydrogens is 316 g/mol. The van der Waals surface area contributed by atoms with Crippen molar-refractivity contribution in [1.82, 2.24) is 0 Å². The van der Waals surface area contributed by atoms with Gasteiger partial charge in [0.2, 0.25) is 0 Å². The van der Waals surface area contributed by atoms with Gasteiger partial charge in [0.25, 0.3) is 0 Å². The summed E-state index contributed by atoms with van der Waals surface area (Å²) in [6, 6.07) is 0. The van der Waals surface area contributed by atoms with Crippen molar-refractivity contribution in [2.45, 2.75) is 115 Å². The molecule has 4 atom stereocenters. The van der Waals surface area contributed by atoms with Crippen LogP contribution in [0.25, 0.3) is 0 Å². The summed E-state index contributed by atoms with van der Waals surface area (Å²) in [4.78, 5) is 0. The van der Waals surface area contributed by atoms with Crippen LogP contribution in [-0.2, 0) is 18.9 Å². The van der Waals surface area contributed by atoms with Gasteiger partial charge in [-0.15, -0.1) is 0 Å². The van der Waals surface area contributed by atoms with E-state index in [0.717, 1.165) is 25.9 Å². The van der Waals surface area contributed by atoms with E-state index in [2.05, 4.69) is 6.92 Å². The van der Waals surface area contributed by atoms with Gasteiger partial charge in [-0.05, 0) is 19.3 Å². The van der Waals surface area contributed by atoms with Crippen LogP contribution >= 0.6 is 0 Å². The molecule has 4 heteroatoms. The first kappa shape index (κ1) is 21.1. The third-order valence-electron chi connectivity index (χ3n) is 5.52. The summed E-state index contributed by atoms with van der Waals surface area (Å²) in [5.74, 6) is 0. The highest BCUT2D eigenvalue weighted by molar-refractivity contribution is 4.88. The SMILES string of the molecule is CCCCCCCCCCCC[C@H](OCOC)[C@H]1CC[C@H]([C@@H]2CO2)O1. The van der Waals surface area contributed by atoms with E-state index in [9.17, 15) is 0 Å². The molecule has 2 fully saturated rings. The van der Waals surface area contributed by atoms with E-state index in [-0.39, 0.29) is 12.2 Å². The molecule has 148 valence electrons. The van der Waals surface area contributed by atoms with Crippen LogP contribution in [0.5, 0.6) is 0 Å². The molecule has 4 nitrogen and oxygen atoms in total. The molecule has 2 aliphatic rings. The van der Waals surface area contributed by atoms with Gasteiger partial charge in [0.1, 0.15) is 12.9 Å². The highest BCUT2D eigenvalue weighted by Gasteiger charge is 2.41. The second kappa shape index (κ2) is 13.1. The minimum absolute atomic E-state index is 0.178. The molecule has 0 amide bonds. The lowest BCUT2D eigenvalue weighted by molar-refractivity contribution is -0.129. The molecule has 0 radical (unpaired) electrons. The van der Waals surface area contributed by atoms with Gasteiger partial charge in [-0.2, -0.15) is 0 Å². The Morgan fingerprint density at radius 1 is 0.880 bits per heavy atom. The first-order valence-corrected chi connectivity index (χ1v) is 10.7. The third-order valence-corrected chi connectivity index (χ3v) is 5.52. The summed E-state index contributed by atoms with van der Waals surface area (Å²) in [5, 5.41) is 0. The molecule has 0 bridgehead atoms. The minimum atomic E-state index is 0.178. The fraction of sp³-hybridized carbons (Fsp3) is 1.00. The molecule has 0 spiro atoms. The van der Waals surface area contributed by atoms with Crippen LogP contribution in [0.3, 0.4) is 0 Å². The maximum absolute atomic E-state index is 6.18. The van der Waals surface area contributed by atoms with Crippen molar-refractivity contribution in [3.05, 3.63) is 0 Å². The summed E-state index contributed by atoms with van der Waals surface area (Å²) >= 11 is 0. The standard InChI is InChI=1S/C21H40O4/c1-3-4-5-6-7-8-9-10-11-12-13-18(24-17-22-2)19-14-15-20(25-19)21-16-23-21/h18-21H,3-17H2,1-2H3/t18-,19+,20+,21-/m0/s1. The number of ether oxygens (including phenoxy) is 4. The predicted molar refractivity (Wildman–Crippen MR) is 101 cm³/mol. The first-order chi connectivity index (χ1) is 12.3. The Kier molecular flexibility index (Phi) is 11.1. The van der Waals surface area contributed by atoms with Crippen LogP contribution in [0, 0.1) is 0 Å². The highest BCUT2D eigenvalue weighted by Crippen LogP contribution is 2.32. The van der Waals surface area contributed by atoms with Gasteiger partial charge in [0.15, 0.2) is 0 Å². The van der Waals surface area contributed by atoms with Gasteiger partial charge in [-0.3, -0.25) is 0 Å². The Morgan fingerprint density at radius 3 is 2.12 bits per heavy atom. The number of unbranched alkanes of at least 4 members (excludes halogenated alkanes) is 9. The molecule has 25 heavy (non-hydrogen) atoms. The molecule has 0 aromatic rings. The van der Waals surface area contributed by atoms with E-state index in [0.29, 0.717) is 19.0 Å². The monoisotopic (exact) mass is 356 g/mol. The summed E-state index contributed by atoms with van der Waals surface area (Å²) in [5.41, 5.74) is 0. The van der Waals surface area contributed by atoms with Crippen LogP contribution in [-0.4, -0.2) is 44.9 Å². The van der Waals surface area contributed by atoms with Crippen LogP contribution < -0.4 is 0 Å². The van der Waals surface area contributed by atoms with Crippen molar-refractivity contribution in [3.8, 4) is 0 Å². The Labute approximate surface area is 154 Å². The van der Waals surface area contributed by atoms with Crippen LogP contribution in [0.15, 0.2) is 0 Å². The lowest BCUT2D eigenvalue weighted by atomic mass is 10.0. The lowest BCUT2D eigenvalue weighted by Crippen LogP contribution is -2.31. The van der Waals surface area contributed by atoms with Crippen molar-refractivity contribution < 1.29 is 18.9 Å². The van der Waals surface area contributed by atoms with Gasteiger partial charge < -0.3 is 18.9 Å². The fourth-order valence-corrected chi connectivity index (χ4v) is 3.87. The lowest BCUT2D eigenvalue weighted by Gasteiger charge is -2.24. The van der Waals surface area contributed by atoms with Crippen molar-refractivity contribution in [1.29, 1.82) is 0 Å². The zero-order valence-electron chi connectivity index (χ0n) is 16.5. The van der Waals surface area contributed by atoms with Crippen molar-refractivity contribution in [3.63, 3.8) is 0 Å².